The molecule has 1 amide bonds. The van der Waals surface area contributed by atoms with Crippen LogP contribution in [0.4, 0.5) is 0 Å². The zero-order valence-corrected chi connectivity index (χ0v) is 14.9. The molecule has 5 heteroatoms. The lowest BCUT2D eigenvalue weighted by atomic mass is 10.2. The number of amides is 1. The molecule has 0 aliphatic carbocycles. The van der Waals surface area contributed by atoms with Crippen molar-refractivity contribution in [3.63, 3.8) is 0 Å². The Balaban J connectivity index is 1.74. The summed E-state index contributed by atoms with van der Waals surface area (Å²) < 4.78 is 11.3. The number of nitrogens with one attached hydrogen (secondary N) is 1. The Kier molecular flexibility index (Phi) is 6.50. The smallest absolute Gasteiger partial charge is 0.260 e. The van der Waals surface area contributed by atoms with Gasteiger partial charge >= 0.3 is 0 Å². The normalized spacial score (nSPS) is 11.7. The van der Waals surface area contributed by atoms with Gasteiger partial charge in [0.1, 0.15) is 18.1 Å². The Labute approximate surface area is 147 Å². The van der Waals surface area contributed by atoms with E-state index in [1.54, 1.807) is 13.0 Å². The molecule has 2 rings (SSSR count). The molecular weight excluding hydrogens is 326 g/mol. The van der Waals surface area contributed by atoms with Crippen LogP contribution in [0.15, 0.2) is 42.5 Å². The van der Waals surface area contributed by atoms with Crippen LogP contribution in [0.2, 0.25) is 5.02 Å². The van der Waals surface area contributed by atoms with Crippen LogP contribution in [0.3, 0.4) is 0 Å². The number of hydrogen-bond donors (Lipinski definition) is 1. The third-order valence-electron chi connectivity index (χ3n) is 3.58. The lowest BCUT2D eigenvalue weighted by Gasteiger charge is -2.16. The van der Waals surface area contributed by atoms with Crippen molar-refractivity contribution in [1.82, 2.24) is 5.32 Å². The summed E-state index contributed by atoms with van der Waals surface area (Å²) in [5.41, 5.74) is 2.00. The first-order valence-corrected chi connectivity index (χ1v) is 8.24. The number of benzene rings is 2. The minimum Gasteiger partial charge on any atom is -0.492 e. The van der Waals surface area contributed by atoms with Crippen LogP contribution in [0.25, 0.3) is 0 Å². The van der Waals surface area contributed by atoms with Gasteiger partial charge < -0.3 is 14.8 Å². The Hall–Kier alpha value is -2.20. The van der Waals surface area contributed by atoms with Crippen molar-refractivity contribution in [1.29, 1.82) is 0 Å². The average molecular weight is 348 g/mol. The molecule has 4 nitrogen and oxygen atoms in total. The largest absolute Gasteiger partial charge is 0.492 e. The first-order chi connectivity index (χ1) is 11.5. The lowest BCUT2D eigenvalue weighted by molar-refractivity contribution is -0.127. The first-order valence-electron chi connectivity index (χ1n) is 7.86. The molecule has 24 heavy (non-hydrogen) atoms. The highest BCUT2D eigenvalue weighted by atomic mass is 35.5. The molecule has 0 radical (unpaired) electrons. The fourth-order valence-electron chi connectivity index (χ4n) is 2.08. The van der Waals surface area contributed by atoms with Crippen LogP contribution in [-0.4, -0.2) is 25.2 Å². The number of hydrogen-bond acceptors (Lipinski definition) is 3. The molecule has 2 aromatic rings. The summed E-state index contributed by atoms with van der Waals surface area (Å²) in [6.45, 7) is 6.36. The molecule has 0 bridgehead atoms. The van der Waals surface area contributed by atoms with E-state index in [4.69, 9.17) is 21.1 Å². The molecule has 0 unspecified atom stereocenters. The van der Waals surface area contributed by atoms with Crippen LogP contribution >= 0.6 is 11.6 Å². The summed E-state index contributed by atoms with van der Waals surface area (Å²) in [5.74, 6) is 1.22. The molecule has 0 aliphatic rings. The maximum absolute atomic E-state index is 12.1. The maximum atomic E-state index is 12.1. The van der Waals surface area contributed by atoms with E-state index in [0.717, 1.165) is 11.1 Å². The Morgan fingerprint density at radius 2 is 1.92 bits per heavy atom. The number of para-hydroxylation sites is 1. The SMILES string of the molecule is Cc1ccc(OCCNC(=O)[C@@H](C)Oc2ccccc2C)cc1Cl. The van der Waals surface area contributed by atoms with E-state index in [0.29, 0.717) is 29.7 Å². The minimum absolute atomic E-state index is 0.177. The van der Waals surface area contributed by atoms with Crippen LogP contribution in [0.1, 0.15) is 18.1 Å². The van der Waals surface area contributed by atoms with Gasteiger partial charge in [-0.05, 0) is 50.1 Å². The number of carbonyl (C=O) groups excluding carboxylic acids is 1. The summed E-state index contributed by atoms with van der Waals surface area (Å²) in [5, 5.41) is 3.46. The van der Waals surface area contributed by atoms with Gasteiger partial charge in [0, 0.05) is 5.02 Å². The standard InChI is InChI=1S/C19H22ClNO3/c1-13-8-9-16(12-17(13)20)23-11-10-21-19(22)15(3)24-18-7-5-4-6-14(18)2/h4-9,12,15H,10-11H2,1-3H3,(H,21,22)/t15-/m1/s1. The van der Waals surface area contributed by atoms with E-state index in [2.05, 4.69) is 5.32 Å². The van der Waals surface area contributed by atoms with Crippen LogP contribution in [-0.2, 0) is 4.79 Å². The van der Waals surface area contributed by atoms with E-state index < -0.39 is 6.10 Å². The Bertz CT molecular complexity index is 703. The number of aryl methyl sites for hydroxylation is 2. The van der Waals surface area contributed by atoms with Crippen molar-refractivity contribution in [3.8, 4) is 11.5 Å². The second kappa shape index (κ2) is 8.60. The third kappa shape index (κ3) is 5.17. The van der Waals surface area contributed by atoms with Crippen LogP contribution < -0.4 is 14.8 Å². The van der Waals surface area contributed by atoms with Gasteiger partial charge in [-0.25, -0.2) is 0 Å². The predicted molar refractivity (Wildman–Crippen MR) is 96.0 cm³/mol. The highest BCUT2D eigenvalue weighted by molar-refractivity contribution is 6.31. The summed E-state index contributed by atoms with van der Waals surface area (Å²) in [4.78, 5) is 12.1. The zero-order chi connectivity index (χ0) is 17.5. The molecule has 1 atom stereocenters. The third-order valence-corrected chi connectivity index (χ3v) is 3.99. The molecule has 1 N–H and O–H groups in total. The molecule has 0 aromatic heterocycles. The highest BCUT2D eigenvalue weighted by Gasteiger charge is 2.14. The second-order valence-corrected chi connectivity index (χ2v) is 5.98. The van der Waals surface area contributed by atoms with Gasteiger partial charge in [-0.2, -0.15) is 0 Å². The van der Waals surface area contributed by atoms with Gasteiger partial charge in [0.05, 0.1) is 6.54 Å². The van der Waals surface area contributed by atoms with Crippen molar-refractivity contribution in [3.05, 3.63) is 58.6 Å². The van der Waals surface area contributed by atoms with Crippen molar-refractivity contribution >= 4 is 17.5 Å². The molecule has 0 fully saturated rings. The molecular formula is C19H22ClNO3. The van der Waals surface area contributed by atoms with E-state index in [1.165, 1.54) is 0 Å². The van der Waals surface area contributed by atoms with Gasteiger partial charge in [0.2, 0.25) is 0 Å². The van der Waals surface area contributed by atoms with Gasteiger partial charge in [-0.3, -0.25) is 4.79 Å². The summed E-state index contributed by atoms with van der Waals surface area (Å²) in [6, 6.07) is 13.1. The van der Waals surface area contributed by atoms with Crippen LogP contribution in [0, 0.1) is 13.8 Å². The Morgan fingerprint density at radius 1 is 1.17 bits per heavy atom. The number of rotatable bonds is 7. The van der Waals surface area contributed by atoms with E-state index in [1.807, 2.05) is 50.2 Å². The zero-order valence-electron chi connectivity index (χ0n) is 14.1. The molecule has 128 valence electrons. The molecule has 0 spiro atoms. The lowest BCUT2D eigenvalue weighted by Crippen LogP contribution is -2.38. The monoisotopic (exact) mass is 347 g/mol. The van der Waals surface area contributed by atoms with Crippen molar-refractivity contribution in [2.45, 2.75) is 26.9 Å². The van der Waals surface area contributed by atoms with Gasteiger partial charge in [-0.1, -0.05) is 35.9 Å². The summed E-state index contributed by atoms with van der Waals surface area (Å²) >= 11 is 6.04. The minimum atomic E-state index is -0.570. The molecule has 0 saturated carbocycles. The fraction of sp³-hybridized carbons (Fsp3) is 0.316. The second-order valence-electron chi connectivity index (χ2n) is 5.58. The number of ether oxygens (including phenoxy) is 2. The summed E-state index contributed by atoms with van der Waals surface area (Å²) in [7, 11) is 0. The van der Waals surface area contributed by atoms with E-state index in [9.17, 15) is 4.79 Å². The molecule has 2 aromatic carbocycles. The van der Waals surface area contributed by atoms with Crippen molar-refractivity contribution in [2.24, 2.45) is 0 Å². The molecule has 0 heterocycles. The van der Waals surface area contributed by atoms with E-state index >= 15 is 0 Å². The maximum Gasteiger partial charge on any atom is 0.260 e. The van der Waals surface area contributed by atoms with E-state index in [-0.39, 0.29) is 5.91 Å². The Morgan fingerprint density at radius 3 is 2.62 bits per heavy atom. The van der Waals surface area contributed by atoms with Gasteiger partial charge in [0.25, 0.3) is 5.91 Å². The molecule has 0 saturated heterocycles. The predicted octanol–water partition coefficient (Wildman–Crippen LogP) is 3.92. The summed E-state index contributed by atoms with van der Waals surface area (Å²) in [6.07, 6.45) is -0.570. The highest BCUT2D eigenvalue weighted by Crippen LogP contribution is 2.21. The quantitative estimate of drug-likeness (QED) is 0.772. The average Bonchev–Trinajstić information content (AvgIpc) is 2.56. The first kappa shape index (κ1) is 18.1. The van der Waals surface area contributed by atoms with Gasteiger partial charge in [-0.15, -0.1) is 0 Å². The number of carbonyl (C=O) groups is 1. The van der Waals surface area contributed by atoms with Gasteiger partial charge in [0.15, 0.2) is 6.10 Å². The van der Waals surface area contributed by atoms with Crippen LogP contribution in [0.5, 0.6) is 11.5 Å². The fourth-order valence-corrected chi connectivity index (χ4v) is 2.25. The number of halogens is 1. The molecule has 0 aliphatic heterocycles. The van der Waals surface area contributed by atoms with Crippen molar-refractivity contribution in [2.75, 3.05) is 13.2 Å². The topological polar surface area (TPSA) is 47.6 Å². The van der Waals surface area contributed by atoms with Crippen molar-refractivity contribution < 1.29 is 14.3 Å².